The van der Waals surface area contributed by atoms with Crippen LogP contribution in [0.3, 0.4) is 0 Å². The summed E-state index contributed by atoms with van der Waals surface area (Å²) in [6.07, 6.45) is 0. The number of nitrogens with one attached hydrogen (secondary N) is 1. The number of hydrogen-bond acceptors (Lipinski definition) is 3. The maximum Gasteiger partial charge on any atom is 0.240 e. The van der Waals surface area contributed by atoms with Crippen molar-refractivity contribution in [3.63, 3.8) is 0 Å². The Hall–Kier alpha value is -1.69. The smallest absolute Gasteiger partial charge is 0.240 e. The quantitative estimate of drug-likeness (QED) is 0.890. The molecule has 22 heavy (non-hydrogen) atoms. The summed E-state index contributed by atoms with van der Waals surface area (Å²) in [7, 11) is -3.51. The summed E-state index contributed by atoms with van der Waals surface area (Å²) >= 11 is 0. The van der Waals surface area contributed by atoms with Gasteiger partial charge in [0.05, 0.1) is 10.5 Å². The van der Waals surface area contributed by atoms with E-state index >= 15 is 0 Å². The Morgan fingerprint density at radius 1 is 1.00 bits per heavy atom. The molecule has 118 valence electrons. The lowest BCUT2D eigenvalue weighted by Gasteiger charge is -2.18. The van der Waals surface area contributed by atoms with Gasteiger partial charge >= 0.3 is 0 Å². The topological polar surface area (TPSA) is 66.4 Å². The van der Waals surface area contributed by atoms with Gasteiger partial charge in [0, 0.05) is 6.54 Å². The zero-order valence-corrected chi connectivity index (χ0v) is 13.8. The number of hydrogen-bond donors (Lipinski definition) is 2. The summed E-state index contributed by atoms with van der Waals surface area (Å²) in [6, 6.07) is 13.9. The van der Waals surface area contributed by atoms with Crippen LogP contribution in [0.5, 0.6) is 0 Å². The highest BCUT2D eigenvalue weighted by molar-refractivity contribution is 7.89. The molecule has 0 aliphatic rings. The largest absolute Gasteiger partial charge is 0.386 e. The van der Waals surface area contributed by atoms with E-state index in [2.05, 4.69) is 4.72 Å². The fourth-order valence-corrected chi connectivity index (χ4v) is 3.03. The van der Waals surface area contributed by atoms with Crippen molar-refractivity contribution in [3.8, 4) is 0 Å². The molecule has 0 saturated carbocycles. The van der Waals surface area contributed by atoms with Gasteiger partial charge in [0.25, 0.3) is 0 Å². The highest BCUT2D eigenvalue weighted by Crippen LogP contribution is 2.20. The lowest BCUT2D eigenvalue weighted by Crippen LogP contribution is -2.23. The molecule has 0 heterocycles. The van der Waals surface area contributed by atoms with Gasteiger partial charge in [-0.3, -0.25) is 0 Å². The van der Waals surface area contributed by atoms with Crippen molar-refractivity contribution in [1.82, 2.24) is 4.72 Å². The molecule has 0 aliphatic heterocycles. The van der Waals surface area contributed by atoms with Crippen LogP contribution in [-0.2, 0) is 22.2 Å². The van der Waals surface area contributed by atoms with Crippen LogP contribution in [0.1, 0.15) is 30.5 Å². The first-order valence-electron chi connectivity index (χ1n) is 7.07. The second-order valence-electron chi connectivity index (χ2n) is 5.89. The molecular weight excluding hydrogens is 298 g/mol. The first kappa shape index (κ1) is 16.7. The van der Waals surface area contributed by atoms with Gasteiger partial charge in [-0.15, -0.1) is 0 Å². The van der Waals surface area contributed by atoms with E-state index in [0.717, 1.165) is 16.7 Å². The van der Waals surface area contributed by atoms with Crippen molar-refractivity contribution in [3.05, 3.63) is 65.2 Å². The predicted molar refractivity (Wildman–Crippen MR) is 86.9 cm³/mol. The minimum atomic E-state index is -3.51. The van der Waals surface area contributed by atoms with E-state index < -0.39 is 15.6 Å². The number of benzene rings is 2. The number of aryl methyl sites for hydroxylation is 1. The van der Waals surface area contributed by atoms with Crippen molar-refractivity contribution >= 4 is 10.0 Å². The van der Waals surface area contributed by atoms with Gasteiger partial charge in [-0.1, -0.05) is 42.0 Å². The third-order valence-electron chi connectivity index (χ3n) is 3.46. The molecule has 2 aromatic rings. The molecule has 0 aromatic heterocycles. The molecule has 0 unspecified atom stereocenters. The number of sulfonamides is 1. The van der Waals surface area contributed by atoms with Crippen molar-refractivity contribution in [2.75, 3.05) is 0 Å². The Morgan fingerprint density at radius 3 is 2.05 bits per heavy atom. The standard InChI is InChI=1S/C17H21NO3S/c1-13-4-10-16(11-5-13)22(20,21)18-12-14-6-8-15(9-7-14)17(2,3)19/h4-11,18-19H,12H2,1-3H3. The lowest BCUT2D eigenvalue weighted by molar-refractivity contribution is 0.0786. The molecule has 0 aliphatic carbocycles. The van der Waals surface area contributed by atoms with Crippen LogP contribution in [0.4, 0.5) is 0 Å². The van der Waals surface area contributed by atoms with Gasteiger partial charge in [-0.25, -0.2) is 13.1 Å². The van der Waals surface area contributed by atoms with E-state index in [9.17, 15) is 13.5 Å². The maximum atomic E-state index is 12.2. The molecule has 0 fully saturated rings. The van der Waals surface area contributed by atoms with E-state index in [1.807, 2.05) is 19.1 Å². The number of rotatable bonds is 5. The minimum absolute atomic E-state index is 0.211. The molecule has 0 atom stereocenters. The highest BCUT2D eigenvalue weighted by Gasteiger charge is 2.16. The molecule has 4 nitrogen and oxygen atoms in total. The third kappa shape index (κ3) is 4.16. The van der Waals surface area contributed by atoms with Crippen molar-refractivity contribution in [2.24, 2.45) is 0 Å². The Kier molecular flexibility index (Phi) is 4.70. The second-order valence-corrected chi connectivity index (χ2v) is 7.66. The molecule has 0 spiro atoms. The van der Waals surface area contributed by atoms with Gasteiger partial charge in [0.2, 0.25) is 10.0 Å². The molecule has 2 aromatic carbocycles. The van der Waals surface area contributed by atoms with Crippen LogP contribution >= 0.6 is 0 Å². The van der Waals surface area contributed by atoms with Gasteiger partial charge < -0.3 is 5.11 Å². The van der Waals surface area contributed by atoms with Crippen molar-refractivity contribution in [1.29, 1.82) is 0 Å². The molecular formula is C17H21NO3S. The van der Waals surface area contributed by atoms with Gasteiger partial charge in [-0.05, 0) is 44.0 Å². The molecule has 0 amide bonds. The molecule has 5 heteroatoms. The average Bonchev–Trinajstić information content (AvgIpc) is 2.45. The Labute approximate surface area is 131 Å². The normalized spacial score (nSPS) is 12.4. The molecule has 2 N–H and O–H groups in total. The van der Waals surface area contributed by atoms with Crippen LogP contribution in [-0.4, -0.2) is 13.5 Å². The minimum Gasteiger partial charge on any atom is -0.386 e. The molecule has 0 radical (unpaired) electrons. The van der Waals surface area contributed by atoms with Crippen molar-refractivity contribution < 1.29 is 13.5 Å². The fourth-order valence-electron chi connectivity index (χ4n) is 2.01. The van der Waals surface area contributed by atoms with E-state index in [4.69, 9.17) is 0 Å². The van der Waals surface area contributed by atoms with E-state index in [-0.39, 0.29) is 11.4 Å². The Morgan fingerprint density at radius 2 is 1.55 bits per heavy atom. The number of aliphatic hydroxyl groups is 1. The molecule has 0 bridgehead atoms. The summed E-state index contributed by atoms with van der Waals surface area (Å²) in [5, 5.41) is 9.90. The fraction of sp³-hybridized carbons (Fsp3) is 0.294. The summed E-state index contributed by atoms with van der Waals surface area (Å²) in [5.41, 5.74) is 1.74. The van der Waals surface area contributed by atoms with Crippen LogP contribution in [0.2, 0.25) is 0 Å². The molecule has 2 rings (SSSR count). The van der Waals surface area contributed by atoms with Gasteiger partial charge in [0.1, 0.15) is 0 Å². The monoisotopic (exact) mass is 319 g/mol. The summed E-state index contributed by atoms with van der Waals surface area (Å²) in [5.74, 6) is 0. The average molecular weight is 319 g/mol. The Bertz CT molecular complexity index is 727. The Balaban J connectivity index is 2.07. The van der Waals surface area contributed by atoms with Gasteiger partial charge in [-0.2, -0.15) is 0 Å². The van der Waals surface area contributed by atoms with Crippen molar-refractivity contribution in [2.45, 2.75) is 37.8 Å². The lowest BCUT2D eigenvalue weighted by atomic mass is 9.97. The van der Waals surface area contributed by atoms with Crippen LogP contribution in [0, 0.1) is 6.92 Å². The van der Waals surface area contributed by atoms with E-state index in [1.54, 1.807) is 50.2 Å². The van der Waals surface area contributed by atoms with Gasteiger partial charge in [0.15, 0.2) is 0 Å². The first-order valence-corrected chi connectivity index (χ1v) is 8.55. The van der Waals surface area contributed by atoms with E-state index in [1.165, 1.54) is 0 Å². The summed E-state index contributed by atoms with van der Waals surface area (Å²) < 4.78 is 27.0. The first-order chi connectivity index (χ1) is 10.2. The zero-order valence-electron chi connectivity index (χ0n) is 13.0. The predicted octanol–water partition coefficient (Wildman–Crippen LogP) is 2.70. The summed E-state index contributed by atoms with van der Waals surface area (Å²) in [4.78, 5) is 0.256. The second kappa shape index (κ2) is 6.20. The van der Waals surface area contributed by atoms with Crippen LogP contribution in [0.15, 0.2) is 53.4 Å². The van der Waals surface area contributed by atoms with Crippen LogP contribution in [0.25, 0.3) is 0 Å². The SMILES string of the molecule is Cc1ccc(S(=O)(=O)NCc2ccc(C(C)(C)O)cc2)cc1. The van der Waals surface area contributed by atoms with E-state index in [0.29, 0.717) is 0 Å². The maximum absolute atomic E-state index is 12.2. The third-order valence-corrected chi connectivity index (χ3v) is 4.88. The molecule has 0 saturated heterocycles. The zero-order chi connectivity index (χ0) is 16.4. The van der Waals surface area contributed by atoms with Crippen LogP contribution < -0.4 is 4.72 Å². The highest BCUT2D eigenvalue weighted by atomic mass is 32.2. The summed E-state index contributed by atoms with van der Waals surface area (Å²) in [6.45, 7) is 5.54.